The molecular weight excluding hydrogens is 206 g/mol. The van der Waals surface area contributed by atoms with Crippen molar-refractivity contribution in [3.05, 3.63) is 35.4 Å². The van der Waals surface area contributed by atoms with Crippen LogP contribution in [0.25, 0.3) is 0 Å². The average Bonchev–Trinajstić information content (AvgIpc) is 2.26. The molecule has 0 spiro atoms. The van der Waals surface area contributed by atoms with Gasteiger partial charge in [0.15, 0.2) is 0 Å². The van der Waals surface area contributed by atoms with Gasteiger partial charge in [-0.2, -0.15) is 0 Å². The fraction of sp³-hybridized carbons (Fsp3) is 0.417. The molecule has 2 N–H and O–H groups in total. The lowest BCUT2D eigenvalue weighted by atomic mass is 10.1. The van der Waals surface area contributed by atoms with Crippen LogP contribution in [0.1, 0.15) is 31.4 Å². The van der Waals surface area contributed by atoms with Gasteiger partial charge in [0.05, 0.1) is 12.7 Å². The molecular formula is C12H17NOS. The molecule has 0 aromatic heterocycles. The highest BCUT2D eigenvalue weighted by molar-refractivity contribution is 7.80. The van der Waals surface area contributed by atoms with E-state index in [9.17, 15) is 0 Å². The lowest BCUT2D eigenvalue weighted by Gasteiger charge is -2.12. The van der Waals surface area contributed by atoms with Crippen molar-refractivity contribution in [2.45, 2.75) is 33.0 Å². The van der Waals surface area contributed by atoms with Gasteiger partial charge in [-0.1, -0.05) is 43.4 Å². The van der Waals surface area contributed by atoms with Crippen LogP contribution in [0.2, 0.25) is 0 Å². The summed E-state index contributed by atoms with van der Waals surface area (Å²) in [5.74, 6) is 0. The van der Waals surface area contributed by atoms with E-state index in [1.54, 1.807) is 0 Å². The van der Waals surface area contributed by atoms with Gasteiger partial charge in [-0.3, -0.25) is 0 Å². The molecule has 15 heavy (non-hydrogen) atoms. The minimum atomic E-state index is 0.268. The number of nitrogens with two attached hydrogens (primary N) is 1. The summed E-state index contributed by atoms with van der Waals surface area (Å²) in [6.45, 7) is 4.73. The summed E-state index contributed by atoms with van der Waals surface area (Å²) in [5, 5.41) is 0. The maximum atomic E-state index is 5.65. The van der Waals surface area contributed by atoms with Crippen molar-refractivity contribution in [3.63, 3.8) is 0 Å². The third kappa shape index (κ3) is 3.61. The van der Waals surface area contributed by atoms with Crippen LogP contribution in [0, 0.1) is 0 Å². The first-order valence-electron chi connectivity index (χ1n) is 5.14. The van der Waals surface area contributed by atoms with E-state index in [-0.39, 0.29) is 6.10 Å². The molecule has 82 valence electrons. The first kappa shape index (κ1) is 12.1. The van der Waals surface area contributed by atoms with Crippen molar-refractivity contribution in [1.29, 1.82) is 0 Å². The van der Waals surface area contributed by atoms with Crippen LogP contribution < -0.4 is 5.73 Å². The van der Waals surface area contributed by atoms with Gasteiger partial charge in [-0.25, -0.2) is 0 Å². The van der Waals surface area contributed by atoms with Crippen molar-refractivity contribution in [2.75, 3.05) is 0 Å². The summed E-state index contributed by atoms with van der Waals surface area (Å²) in [6.07, 6.45) is 1.28. The zero-order chi connectivity index (χ0) is 11.3. The molecule has 0 aliphatic rings. The highest BCUT2D eigenvalue weighted by Crippen LogP contribution is 2.11. The van der Waals surface area contributed by atoms with Crippen LogP contribution >= 0.6 is 12.2 Å². The number of thiocarbonyl (C=S) groups is 1. The topological polar surface area (TPSA) is 35.2 Å². The van der Waals surface area contributed by atoms with E-state index in [4.69, 9.17) is 22.7 Å². The Balaban J connectivity index is 2.72. The Morgan fingerprint density at radius 2 is 2.13 bits per heavy atom. The largest absolute Gasteiger partial charge is 0.389 e. The van der Waals surface area contributed by atoms with Gasteiger partial charge in [-0.05, 0) is 18.9 Å². The lowest BCUT2D eigenvalue weighted by Crippen LogP contribution is -2.14. The Kier molecular flexibility index (Phi) is 4.72. The van der Waals surface area contributed by atoms with Gasteiger partial charge in [0, 0.05) is 5.56 Å². The number of rotatable bonds is 5. The Hall–Kier alpha value is -0.930. The molecule has 0 bridgehead atoms. The summed E-state index contributed by atoms with van der Waals surface area (Å²) in [6, 6.07) is 7.83. The highest BCUT2D eigenvalue weighted by atomic mass is 32.1. The van der Waals surface area contributed by atoms with E-state index < -0.39 is 0 Å². The maximum absolute atomic E-state index is 5.65. The highest BCUT2D eigenvalue weighted by Gasteiger charge is 2.05. The zero-order valence-electron chi connectivity index (χ0n) is 9.19. The third-order valence-electron chi connectivity index (χ3n) is 2.38. The number of hydrogen-bond acceptors (Lipinski definition) is 2. The molecule has 0 fully saturated rings. The SMILES string of the molecule is CCC(C)OCc1ccccc1C(N)=S. The number of ether oxygens (including phenoxy) is 1. The molecule has 2 nitrogen and oxygen atoms in total. The van der Waals surface area contributed by atoms with Crippen molar-refractivity contribution in [2.24, 2.45) is 5.73 Å². The van der Waals surface area contributed by atoms with Gasteiger partial charge in [-0.15, -0.1) is 0 Å². The second-order valence-corrected chi connectivity index (χ2v) is 3.99. The van der Waals surface area contributed by atoms with Gasteiger partial charge in [0.25, 0.3) is 0 Å². The Bertz CT molecular complexity index is 338. The number of benzene rings is 1. The second kappa shape index (κ2) is 5.83. The Morgan fingerprint density at radius 1 is 1.47 bits per heavy atom. The van der Waals surface area contributed by atoms with E-state index in [0.717, 1.165) is 17.5 Å². The van der Waals surface area contributed by atoms with Crippen LogP contribution in [-0.2, 0) is 11.3 Å². The molecule has 0 radical (unpaired) electrons. The summed E-state index contributed by atoms with van der Waals surface area (Å²) < 4.78 is 5.65. The minimum Gasteiger partial charge on any atom is -0.389 e. The minimum absolute atomic E-state index is 0.268. The summed E-state index contributed by atoms with van der Waals surface area (Å²) in [4.78, 5) is 0.429. The van der Waals surface area contributed by atoms with Crippen molar-refractivity contribution in [3.8, 4) is 0 Å². The van der Waals surface area contributed by atoms with Crippen LogP contribution in [0.4, 0.5) is 0 Å². The number of hydrogen-bond donors (Lipinski definition) is 1. The predicted molar refractivity (Wildman–Crippen MR) is 66.9 cm³/mol. The molecule has 0 saturated carbocycles. The van der Waals surface area contributed by atoms with Crippen LogP contribution in [0.5, 0.6) is 0 Å². The Labute approximate surface area is 96.4 Å². The molecule has 0 saturated heterocycles. The van der Waals surface area contributed by atoms with E-state index in [0.29, 0.717) is 11.6 Å². The first-order valence-corrected chi connectivity index (χ1v) is 5.55. The van der Waals surface area contributed by atoms with E-state index in [1.807, 2.05) is 24.3 Å². The van der Waals surface area contributed by atoms with Gasteiger partial charge < -0.3 is 10.5 Å². The van der Waals surface area contributed by atoms with E-state index >= 15 is 0 Å². The fourth-order valence-corrected chi connectivity index (χ4v) is 1.44. The standard InChI is InChI=1S/C12H17NOS/c1-3-9(2)14-8-10-6-4-5-7-11(10)12(13)15/h4-7,9H,3,8H2,1-2H3,(H2,13,15). The molecule has 1 aromatic rings. The van der Waals surface area contributed by atoms with E-state index in [1.165, 1.54) is 0 Å². The average molecular weight is 223 g/mol. The van der Waals surface area contributed by atoms with Crippen molar-refractivity contribution in [1.82, 2.24) is 0 Å². The molecule has 1 unspecified atom stereocenters. The summed E-state index contributed by atoms with van der Waals surface area (Å²) in [5.41, 5.74) is 7.60. The third-order valence-corrected chi connectivity index (χ3v) is 2.60. The molecule has 1 rings (SSSR count). The molecule has 1 aromatic carbocycles. The van der Waals surface area contributed by atoms with Crippen LogP contribution in [0.3, 0.4) is 0 Å². The maximum Gasteiger partial charge on any atom is 0.104 e. The first-order chi connectivity index (χ1) is 7.15. The molecule has 1 atom stereocenters. The normalized spacial score (nSPS) is 12.4. The smallest absolute Gasteiger partial charge is 0.104 e. The Morgan fingerprint density at radius 3 is 2.73 bits per heavy atom. The molecule has 3 heteroatoms. The quantitative estimate of drug-likeness (QED) is 0.779. The second-order valence-electron chi connectivity index (χ2n) is 3.55. The molecule has 0 aliphatic carbocycles. The monoisotopic (exact) mass is 223 g/mol. The predicted octanol–water partition coefficient (Wildman–Crippen LogP) is 2.64. The van der Waals surface area contributed by atoms with E-state index in [2.05, 4.69) is 13.8 Å². The van der Waals surface area contributed by atoms with Gasteiger partial charge in [0.1, 0.15) is 4.99 Å². The van der Waals surface area contributed by atoms with Crippen molar-refractivity contribution < 1.29 is 4.74 Å². The molecule has 0 aliphatic heterocycles. The van der Waals surface area contributed by atoms with Crippen LogP contribution in [0.15, 0.2) is 24.3 Å². The summed E-state index contributed by atoms with van der Waals surface area (Å²) >= 11 is 4.98. The van der Waals surface area contributed by atoms with Crippen LogP contribution in [-0.4, -0.2) is 11.1 Å². The zero-order valence-corrected chi connectivity index (χ0v) is 10.0. The fourth-order valence-electron chi connectivity index (χ4n) is 1.24. The summed E-state index contributed by atoms with van der Waals surface area (Å²) in [7, 11) is 0. The van der Waals surface area contributed by atoms with Crippen molar-refractivity contribution >= 4 is 17.2 Å². The lowest BCUT2D eigenvalue weighted by molar-refractivity contribution is 0.0508. The molecule has 0 heterocycles. The molecule has 0 amide bonds. The van der Waals surface area contributed by atoms with Gasteiger partial charge in [0.2, 0.25) is 0 Å². The van der Waals surface area contributed by atoms with Gasteiger partial charge >= 0.3 is 0 Å².